The average molecular weight is 235 g/mol. The van der Waals surface area contributed by atoms with Crippen LogP contribution in [0.3, 0.4) is 0 Å². The van der Waals surface area contributed by atoms with Gasteiger partial charge in [-0.15, -0.1) is 0 Å². The van der Waals surface area contributed by atoms with Crippen LogP contribution < -0.4 is 5.32 Å². The third-order valence-electron chi connectivity index (χ3n) is 3.06. The second kappa shape index (κ2) is 6.40. The fourth-order valence-electron chi connectivity index (χ4n) is 1.58. The van der Waals surface area contributed by atoms with Gasteiger partial charge in [-0.3, -0.25) is 4.79 Å². The number of carbonyl (C=O) groups is 1. The van der Waals surface area contributed by atoms with Gasteiger partial charge in [-0.05, 0) is 37.5 Å². The summed E-state index contributed by atoms with van der Waals surface area (Å²) in [6.07, 6.45) is 0.488. The molecule has 0 heterocycles. The lowest BCUT2D eigenvalue weighted by Gasteiger charge is -2.12. The van der Waals surface area contributed by atoms with Gasteiger partial charge in [0.25, 0.3) is 0 Å². The smallest absolute Gasteiger partial charge is 0.224 e. The number of carbonyl (C=O) groups excluding carboxylic acids is 1. The van der Waals surface area contributed by atoms with Gasteiger partial charge in [0.2, 0.25) is 5.91 Å². The Hall–Kier alpha value is -1.35. The van der Waals surface area contributed by atoms with Crippen LogP contribution in [0.5, 0.6) is 0 Å². The summed E-state index contributed by atoms with van der Waals surface area (Å²) in [4.78, 5) is 11.7. The highest BCUT2D eigenvalue weighted by atomic mass is 16.5. The van der Waals surface area contributed by atoms with E-state index in [9.17, 15) is 4.79 Å². The highest BCUT2D eigenvalue weighted by Crippen LogP contribution is 2.13. The summed E-state index contributed by atoms with van der Waals surface area (Å²) in [6, 6.07) is 6.05. The summed E-state index contributed by atoms with van der Waals surface area (Å²) in [6.45, 7) is 6.60. The number of hydrogen-bond acceptors (Lipinski definition) is 2. The Labute approximate surface area is 103 Å². The third-order valence-corrected chi connectivity index (χ3v) is 3.06. The SMILES string of the molecule is COC(C)CNC(=O)Cc1cccc(C)c1C. The van der Waals surface area contributed by atoms with Crippen LogP contribution in [-0.4, -0.2) is 25.7 Å². The van der Waals surface area contributed by atoms with Crippen LogP contribution in [0.4, 0.5) is 0 Å². The van der Waals surface area contributed by atoms with Crippen molar-refractivity contribution in [3.63, 3.8) is 0 Å². The lowest BCUT2D eigenvalue weighted by Crippen LogP contribution is -2.32. The van der Waals surface area contributed by atoms with Gasteiger partial charge >= 0.3 is 0 Å². The zero-order chi connectivity index (χ0) is 12.8. The molecule has 0 fully saturated rings. The normalized spacial score (nSPS) is 12.2. The van der Waals surface area contributed by atoms with Gasteiger partial charge < -0.3 is 10.1 Å². The number of nitrogens with one attached hydrogen (secondary N) is 1. The van der Waals surface area contributed by atoms with Crippen LogP contribution >= 0.6 is 0 Å². The van der Waals surface area contributed by atoms with Crippen molar-refractivity contribution < 1.29 is 9.53 Å². The molecule has 0 aromatic heterocycles. The minimum atomic E-state index is 0.0441. The number of rotatable bonds is 5. The van der Waals surface area contributed by atoms with Crippen LogP contribution in [0, 0.1) is 13.8 Å². The predicted octanol–water partition coefficient (Wildman–Crippen LogP) is 2.00. The second-order valence-corrected chi connectivity index (χ2v) is 4.39. The van der Waals surface area contributed by atoms with Crippen LogP contribution in [0.1, 0.15) is 23.6 Å². The van der Waals surface area contributed by atoms with Gasteiger partial charge in [-0.25, -0.2) is 0 Å². The molecule has 0 radical (unpaired) electrons. The molecule has 0 aliphatic carbocycles. The Kier molecular flexibility index (Phi) is 5.16. The van der Waals surface area contributed by atoms with Crippen molar-refractivity contribution in [1.29, 1.82) is 0 Å². The van der Waals surface area contributed by atoms with E-state index in [4.69, 9.17) is 4.74 Å². The van der Waals surface area contributed by atoms with Gasteiger partial charge in [0.05, 0.1) is 12.5 Å². The first-order valence-corrected chi connectivity index (χ1v) is 5.89. The lowest BCUT2D eigenvalue weighted by atomic mass is 10.0. The van der Waals surface area contributed by atoms with Crippen molar-refractivity contribution in [2.75, 3.05) is 13.7 Å². The molecule has 0 aliphatic heterocycles. The fourth-order valence-corrected chi connectivity index (χ4v) is 1.58. The van der Waals surface area contributed by atoms with E-state index in [0.717, 1.165) is 5.56 Å². The van der Waals surface area contributed by atoms with Crippen molar-refractivity contribution in [3.05, 3.63) is 34.9 Å². The predicted molar refractivity (Wildman–Crippen MR) is 69.1 cm³/mol. The van der Waals surface area contributed by atoms with E-state index < -0.39 is 0 Å². The van der Waals surface area contributed by atoms with Crippen molar-refractivity contribution >= 4 is 5.91 Å². The third kappa shape index (κ3) is 4.19. The first-order chi connectivity index (χ1) is 8.04. The number of aryl methyl sites for hydroxylation is 1. The summed E-state index contributed by atoms with van der Waals surface area (Å²) < 4.78 is 5.08. The monoisotopic (exact) mass is 235 g/mol. The molecule has 0 aliphatic rings. The molecule has 1 amide bonds. The molecule has 1 N–H and O–H groups in total. The second-order valence-electron chi connectivity index (χ2n) is 4.39. The molecular formula is C14H21NO2. The fraction of sp³-hybridized carbons (Fsp3) is 0.500. The Bertz CT molecular complexity index is 388. The minimum Gasteiger partial charge on any atom is -0.380 e. The van der Waals surface area contributed by atoms with Crippen molar-refractivity contribution in [3.8, 4) is 0 Å². The number of methoxy groups -OCH3 is 1. The van der Waals surface area contributed by atoms with Crippen LogP contribution in [0.25, 0.3) is 0 Å². The lowest BCUT2D eigenvalue weighted by molar-refractivity contribution is -0.120. The number of benzene rings is 1. The summed E-state index contributed by atoms with van der Waals surface area (Å²) in [5, 5.41) is 2.86. The summed E-state index contributed by atoms with van der Waals surface area (Å²) in [7, 11) is 1.64. The molecule has 1 unspecified atom stereocenters. The zero-order valence-corrected chi connectivity index (χ0v) is 11.0. The topological polar surface area (TPSA) is 38.3 Å². The van der Waals surface area contributed by atoms with Gasteiger partial charge in [-0.2, -0.15) is 0 Å². The van der Waals surface area contributed by atoms with Crippen LogP contribution in [-0.2, 0) is 16.0 Å². The van der Waals surface area contributed by atoms with E-state index in [1.807, 2.05) is 19.1 Å². The maximum absolute atomic E-state index is 11.7. The zero-order valence-electron chi connectivity index (χ0n) is 11.0. The molecule has 1 aromatic carbocycles. The minimum absolute atomic E-state index is 0.0441. The first kappa shape index (κ1) is 13.7. The molecular weight excluding hydrogens is 214 g/mol. The quantitative estimate of drug-likeness (QED) is 0.847. The Balaban J connectivity index is 2.54. The molecule has 3 heteroatoms. The maximum atomic E-state index is 11.7. The van der Waals surface area contributed by atoms with E-state index in [1.165, 1.54) is 11.1 Å². The summed E-state index contributed by atoms with van der Waals surface area (Å²) >= 11 is 0. The van der Waals surface area contributed by atoms with Gasteiger partial charge in [-0.1, -0.05) is 18.2 Å². The number of hydrogen-bond donors (Lipinski definition) is 1. The summed E-state index contributed by atoms with van der Waals surface area (Å²) in [5.41, 5.74) is 3.51. The van der Waals surface area contributed by atoms with Crippen molar-refractivity contribution in [2.45, 2.75) is 33.3 Å². The number of amides is 1. The molecule has 94 valence electrons. The molecule has 3 nitrogen and oxygen atoms in total. The molecule has 0 bridgehead atoms. The molecule has 0 spiro atoms. The molecule has 1 rings (SSSR count). The molecule has 0 saturated heterocycles. The largest absolute Gasteiger partial charge is 0.380 e. The maximum Gasteiger partial charge on any atom is 0.224 e. The molecule has 1 atom stereocenters. The molecule has 1 aromatic rings. The Morgan fingerprint density at radius 2 is 2.12 bits per heavy atom. The van der Waals surface area contributed by atoms with Crippen molar-refractivity contribution in [1.82, 2.24) is 5.32 Å². The molecule has 17 heavy (non-hydrogen) atoms. The van der Waals surface area contributed by atoms with E-state index in [1.54, 1.807) is 7.11 Å². The summed E-state index contributed by atoms with van der Waals surface area (Å²) in [5.74, 6) is 0.0441. The van der Waals surface area contributed by atoms with E-state index in [0.29, 0.717) is 13.0 Å². The number of ether oxygens (including phenoxy) is 1. The van der Waals surface area contributed by atoms with Crippen LogP contribution in [0.2, 0.25) is 0 Å². The van der Waals surface area contributed by atoms with Crippen molar-refractivity contribution in [2.24, 2.45) is 0 Å². The standard InChI is InChI=1S/C14H21NO2/c1-10-6-5-7-13(12(10)3)8-14(16)15-9-11(2)17-4/h5-7,11H,8-9H2,1-4H3,(H,15,16). The highest BCUT2D eigenvalue weighted by Gasteiger charge is 2.08. The average Bonchev–Trinajstić information content (AvgIpc) is 2.32. The highest BCUT2D eigenvalue weighted by molar-refractivity contribution is 5.79. The van der Waals surface area contributed by atoms with E-state index >= 15 is 0 Å². The first-order valence-electron chi connectivity index (χ1n) is 5.89. The van der Waals surface area contributed by atoms with E-state index in [2.05, 4.69) is 25.2 Å². The van der Waals surface area contributed by atoms with E-state index in [-0.39, 0.29) is 12.0 Å². The van der Waals surface area contributed by atoms with Gasteiger partial charge in [0.15, 0.2) is 0 Å². The van der Waals surface area contributed by atoms with Gasteiger partial charge in [0.1, 0.15) is 0 Å². The Morgan fingerprint density at radius 3 is 2.76 bits per heavy atom. The van der Waals surface area contributed by atoms with Gasteiger partial charge in [0, 0.05) is 13.7 Å². The molecule has 0 saturated carbocycles. The van der Waals surface area contributed by atoms with Crippen LogP contribution in [0.15, 0.2) is 18.2 Å². The Morgan fingerprint density at radius 1 is 1.41 bits per heavy atom.